The van der Waals surface area contributed by atoms with Gasteiger partial charge in [-0.05, 0) is 41.5 Å². The van der Waals surface area contributed by atoms with Crippen molar-refractivity contribution < 1.29 is 9.59 Å². The normalized spacial score (nSPS) is 16.2. The van der Waals surface area contributed by atoms with Gasteiger partial charge in [-0.15, -0.1) is 5.10 Å². The molecule has 10 nitrogen and oxygen atoms in total. The molecule has 1 aromatic carbocycles. The number of carbonyl (C=O) groups is 2. The van der Waals surface area contributed by atoms with Gasteiger partial charge >= 0.3 is 6.03 Å². The Labute approximate surface area is 182 Å². The van der Waals surface area contributed by atoms with Crippen LogP contribution in [0.3, 0.4) is 0 Å². The molecular formula is C20H22N8O2S. The Bertz CT molecular complexity index is 1090. The highest BCUT2D eigenvalue weighted by Gasteiger charge is 2.26. The Hall–Kier alpha value is -3.34. The van der Waals surface area contributed by atoms with Crippen molar-refractivity contribution in [3.05, 3.63) is 46.7 Å². The van der Waals surface area contributed by atoms with Gasteiger partial charge in [-0.1, -0.05) is 30.2 Å². The lowest BCUT2D eigenvalue weighted by atomic mass is 10.1. The zero-order chi connectivity index (χ0) is 21.2. The van der Waals surface area contributed by atoms with Crippen molar-refractivity contribution >= 4 is 28.4 Å². The summed E-state index contributed by atoms with van der Waals surface area (Å²) in [6.45, 7) is 1.06. The van der Waals surface area contributed by atoms with Crippen molar-refractivity contribution in [2.24, 2.45) is 0 Å². The Morgan fingerprint density at radius 1 is 1.19 bits per heavy atom. The standard InChI is InChI=1S/C20H22N8O2S/c29-18(13-4-3-7-15(10-13)28-12-21-25-26-28)27-9-8-16-17(11-27)31-20(23-16)24-19(30)22-14-5-1-2-6-14/h3-4,7,10,12,14H,1-2,5-6,8-9,11H2,(H2,22,23,24,30). The molecule has 3 heterocycles. The quantitative estimate of drug-likeness (QED) is 0.646. The SMILES string of the molecule is O=C(Nc1nc2c(s1)CN(C(=O)c1cccc(-n3cnnn3)c1)CC2)NC1CCCC1. The van der Waals surface area contributed by atoms with Gasteiger partial charge in [0.1, 0.15) is 6.33 Å². The number of amides is 3. The molecule has 0 saturated heterocycles. The van der Waals surface area contributed by atoms with Gasteiger partial charge in [-0.3, -0.25) is 10.1 Å². The van der Waals surface area contributed by atoms with Crippen molar-refractivity contribution in [2.75, 3.05) is 11.9 Å². The van der Waals surface area contributed by atoms with Crippen molar-refractivity contribution in [3.63, 3.8) is 0 Å². The lowest BCUT2D eigenvalue weighted by Gasteiger charge is -2.26. The average molecular weight is 439 g/mol. The summed E-state index contributed by atoms with van der Waals surface area (Å²) < 4.78 is 1.52. The number of hydrogen-bond acceptors (Lipinski definition) is 7. The fraction of sp³-hybridized carbons (Fsp3) is 0.400. The minimum Gasteiger partial charge on any atom is -0.335 e. The van der Waals surface area contributed by atoms with E-state index < -0.39 is 0 Å². The Morgan fingerprint density at radius 3 is 2.87 bits per heavy atom. The summed E-state index contributed by atoms with van der Waals surface area (Å²) in [5.74, 6) is -0.0533. The molecule has 0 unspecified atom stereocenters. The third kappa shape index (κ3) is 4.26. The van der Waals surface area contributed by atoms with Crippen LogP contribution in [0.5, 0.6) is 0 Å². The molecule has 1 saturated carbocycles. The van der Waals surface area contributed by atoms with Crippen LogP contribution < -0.4 is 10.6 Å². The fourth-order valence-corrected chi connectivity index (χ4v) is 5.07. The molecule has 3 aromatic rings. The lowest BCUT2D eigenvalue weighted by molar-refractivity contribution is 0.0736. The summed E-state index contributed by atoms with van der Waals surface area (Å²) in [6.07, 6.45) is 6.56. The first-order chi connectivity index (χ1) is 15.2. The molecule has 31 heavy (non-hydrogen) atoms. The number of aromatic nitrogens is 5. The van der Waals surface area contributed by atoms with Crippen molar-refractivity contribution in [2.45, 2.75) is 44.7 Å². The number of anilines is 1. The third-order valence-electron chi connectivity index (χ3n) is 5.64. The predicted octanol–water partition coefficient (Wildman–Crippen LogP) is 2.38. The molecule has 2 aliphatic rings. The predicted molar refractivity (Wildman–Crippen MR) is 114 cm³/mol. The van der Waals surface area contributed by atoms with Gasteiger partial charge in [0.2, 0.25) is 0 Å². The van der Waals surface area contributed by atoms with Gasteiger partial charge in [0.05, 0.1) is 17.9 Å². The van der Waals surface area contributed by atoms with E-state index in [2.05, 4.69) is 31.1 Å². The lowest BCUT2D eigenvalue weighted by Crippen LogP contribution is -2.36. The highest BCUT2D eigenvalue weighted by atomic mass is 32.1. The molecule has 1 aliphatic heterocycles. The van der Waals surface area contributed by atoms with Crippen LogP contribution in [-0.2, 0) is 13.0 Å². The van der Waals surface area contributed by atoms with E-state index in [4.69, 9.17) is 0 Å². The zero-order valence-corrected chi connectivity index (χ0v) is 17.6. The minimum atomic E-state index is -0.203. The van der Waals surface area contributed by atoms with Crippen LogP contribution in [0.1, 0.15) is 46.6 Å². The monoisotopic (exact) mass is 438 g/mol. The van der Waals surface area contributed by atoms with Crippen LogP contribution in [0.15, 0.2) is 30.6 Å². The van der Waals surface area contributed by atoms with Gasteiger partial charge in [-0.2, -0.15) is 0 Å². The van der Waals surface area contributed by atoms with Gasteiger partial charge < -0.3 is 10.2 Å². The highest BCUT2D eigenvalue weighted by molar-refractivity contribution is 7.15. The molecule has 1 aliphatic carbocycles. The maximum absolute atomic E-state index is 13.1. The Balaban J connectivity index is 1.25. The molecule has 160 valence electrons. The van der Waals surface area contributed by atoms with E-state index in [9.17, 15) is 9.59 Å². The number of carbonyl (C=O) groups excluding carboxylic acids is 2. The molecule has 2 N–H and O–H groups in total. The molecule has 3 amide bonds. The first-order valence-corrected chi connectivity index (χ1v) is 11.2. The van der Waals surface area contributed by atoms with Crippen LogP contribution in [0, 0.1) is 0 Å². The highest BCUT2D eigenvalue weighted by Crippen LogP contribution is 2.29. The zero-order valence-electron chi connectivity index (χ0n) is 16.8. The molecule has 0 atom stereocenters. The summed E-state index contributed by atoms with van der Waals surface area (Å²) in [5.41, 5.74) is 2.26. The number of rotatable bonds is 4. The molecular weight excluding hydrogens is 416 g/mol. The van der Waals surface area contributed by atoms with Crippen LogP contribution >= 0.6 is 11.3 Å². The van der Waals surface area contributed by atoms with E-state index in [1.54, 1.807) is 12.1 Å². The number of urea groups is 1. The number of fused-ring (bicyclic) bond motifs is 1. The minimum absolute atomic E-state index is 0.0533. The second kappa shape index (κ2) is 8.42. The molecule has 2 aromatic heterocycles. The van der Waals surface area contributed by atoms with Gasteiger partial charge in [-0.25, -0.2) is 14.5 Å². The fourth-order valence-electron chi connectivity index (χ4n) is 4.05. The first-order valence-electron chi connectivity index (χ1n) is 10.3. The number of thiazole rings is 1. The van der Waals surface area contributed by atoms with Gasteiger partial charge in [0.25, 0.3) is 5.91 Å². The molecule has 0 radical (unpaired) electrons. The maximum Gasteiger partial charge on any atom is 0.321 e. The van der Waals surface area contributed by atoms with Crippen molar-refractivity contribution in [1.82, 2.24) is 35.4 Å². The van der Waals surface area contributed by atoms with Crippen molar-refractivity contribution in [3.8, 4) is 5.69 Å². The molecule has 0 bridgehead atoms. The Morgan fingerprint density at radius 2 is 2.06 bits per heavy atom. The summed E-state index contributed by atoms with van der Waals surface area (Å²) in [7, 11) is 0. The second-order valence-electron chi connectivity index (χ2n) is 7.75. The van der Waals surface area contributed by atoms with Gasteiger partial charge in [0, 0.05) is 29.4 Å². The van der Waals surface area contributed by atoms with E-state index in [-0.39, 0.29) is 18.0 Å². The van der Waals surface area contributed by atoms with Crippen LogP contribution in [-0.4, -0.2) is 54.6 Å². The van der Waals surface area contributed by atoms with Crippen LogP contribution in [0.25, 0.3) is 5.69 Å². The summed E-state index contributed by atoms with van der Waals surface area (Å²) in [6, 6.07) is 7.29. The average Bonchev–Trinajstić information content (AvgIpc) is 3.54. The second-order valence-corrected chi connectivity index (χ2v) is 8.83. The van der Waals surface area contributed by atoms with E-state index in [1.807, 2.05) is 17.0 Å². The summed E-state index contributed by atoms with van der Waals surface area (Å²) in [5, 5.41) is 17.6. The summed E-state index contributed by atoms with van der Waals surface area (Å²) in [4.78, 5) is 32.7. The summed E-state index contributed by atoms with van der Waals surface area (Å²) >= 11 is 1.43. The topological polar surface area (TPSA) is 118 Å². The number of nitrogens with zero attached hydrogens (tertiary/aromatic N) is 6. The van der Waals surface area contributed by atoms with Crippen molar-refractivity contribution in [1.29, 1.82) is 0 Å². The van der Waals surface area contributed by atoms with Crippen LogP contribution in [0.2, 0.25) is 0 Å². The van der Waals surface area contributed by atoms with Gasteiger partial charge in [0.15, 0.2) is 5.13 Å². The number of benzene rings is 1. The van der Waals surface area contributed by atoms with E-state index >= 15 is 0 Å². The van der Waals surface area contributed by atoms with E-state index in [0.29, 0.717) is 30.2 Å². The molecule has 1 fully saturated rings. The van der Waals surface area contributed by atoms with E-state index in [0.717, 1.165) is 29.1 Å². The number of nitrogens with one attached hydrogen (secondary N) is 2. The smallest absolute Gasteiger partial charge is 0.321 e. The first kappa shape index (κ1) is 19.6. The molecule has 0 spiro atoms. The Kier molecular flexibility index (Phi) is 5.33. The number of hydrogen-bond donors (Lipinski definition) is 2. The van der Waals surface area contributed by atoms with Crippen LogP contribution in [0.4, 0.5) is 9.93 Å². The third-order valence-corrected chi connectivity index (χ3v) is 6.63. The van der Waals surface area contributed by atoms with E-state index in [1.165, 1.54) is 35.2 Å². The largest absolute Gasteiger partial charge is 0.335 e. The number of tetrazole rings is 1. The maximum atomic E-state index is 13.1. The molecule has 11 heteroatoms. The molecule has 5 rings (SSSR count).